The maximum Gasteiger partial charge on any atom is 0.198 e. The van der Waals surface area contributed by atoms with Gasteiger partial charge in [-0.15, -0.1) is 0 Å². The van der Waals surface area contributed by atoms with Crippen LogP contribution >= 0.6 is 0 Å². The minimum absolute atomic E-state index is 0.351. The molecule has 14 aromatic rings. The van der Waals surface area contributed by atoms with Gasteiger partial charge in [0.1, 0.15) is 5.82 Å². The molecule has 0 N–H and O–H groups in total. The fraction of sp³-hybridized carbons (Fsp3) is 0. The quantitative estimate of drug-likeness (QED) is 0.149. The molecule has 10 aromatic carbocycles. The van der Waals surface area contributed by atoms with Gasteiger partial charge in [-0.1, -0.05) is 146 Å². The largest absolute Gasteiger partial charge is 0.309 e. The second-order valence-corrected chi connectivity index (χ2v) is 18.9. The summed E-state index contributed by atoms with van der Waals surface area (Å²) in [5, 5.41) is 28.8. The molecule has 0 atom stereocenters. The average molecular weight is 980 g/mol. The van der Waals surface area contributed by atoms with E-state index >= 15 is 0 Å². The Morgan fingerprint density at radius 2 is 0.740 bits per heavy atom. The second-order valence-electron chi connectivity index (χ2n) is 18.9. The Morgan fingerprint density at radius 3 is 1.22 bits per heavy atom. The van der Waals surface area contributed by atoms with E-state index in [1.54, 1.807) is 12.1 Å². The van der Waals surface area contributed by atoms with Gasteiger partial charge >= 0.3 is 0 Å². The first kappa shape index (κ1) is 44.3. The van der Waals surface area contributed by atoms with Crippen molar-refractivity contribution in [1.29, 1.82) is 10.5 Å². The zero-order valence-electron chi connectivity index (χ0n) is 40.9. The smallest absolute Gasteiger partial charge is 0.198 e. The highest BCUT2D eigenvalue weighted by atomic mass is 15.0. The first-order chi connectivity index (χ1) is 38.0. The standard InChI is InChI=1S/C68H37N9/c1-71-57-21-9-3-19-53(57)60-39-59(73-68(74-60)54-20-4-10-22-58(54)72-2)42-27-29-43(30-28-42)67-44(40-69)35-48(36-45(67)41-70)77-65-33-31-46(75-61-23-11-5-15-49(61)50-16-6-12-24-62(50)75)37-55(65)56-38-47(32-34-66(56)77)76-63-25-13-7-17-51(63)52-18-8-14-26-64(52)76/h3-39H. The highest BCUT2D eigenvalue weighted by molar-refractivity contribution is 6.14. The van der Waals surface area contributed by atoms with Gasteiger partial charge < -0.3 is 13.7 Å². The van der Waals surface area contributed by atoms with E-state index in [0.29, 0.717) is 67.7 Å². The van der Waals surface area contributed by atoms with Crippen LogP contribution in [0.15, 0.2) is 224 Å². The molecule has 0 saturated heterocycles. The molecule has 0 aliphatic heterocycles. The van der Waals surface area contributed by atoms with Crippen LogP contribution in [-0.4, -0.2) is 23.7 Å². The predicted octanol–water partition coefficient (Wildman–Crippen LogP) is 17.3. The number of nitriles is 2. The van der Waals surface area contributed by atoms with Crippen LogP contribution in [0.4, 0.5) is 11.4 Å². The van der Waals surface area contributed by atoms with Gasteiger partial charge in [-0.25, -0.2) is 19.7 Å². The van der Waals surface area contributed by atoms with Gasteiger partial charge in [0, 0.05) is 71.6 Å². The van der Waals surface area contributed by atoms with Gasteiger partial charge in [0.2, 0.25) is 0 Å². The lowest BCUT2D eigenvalue weighted by molar-refractivity contribution is 1.16. The maximum atomic E-state index is 11.0. The lowest BCUT2D eigenvalue weighted by atomic mass is 9.93. The molecule has 0 spiro atoms. The molecular formula is C68H37N9. The van der Waals surface area contributed by atoms with Crippen LogP contribution in [0, 0.1) is 35.8 Å². The van der Waals surface area contributed by atoms with Crippen LogP contribution in [0.2, 0.25) is 0 Å². The van der Waals surface area contributed by atoms with Gasteiger partial charge in [-0.2, -0.15) is 10.5 Å². The van der Waals surface area contributed by atoms with E-state index in [0.717, 1.165) is 60.8 Å². The van der Waals surface area contributed by atoms with Crippen molar-refractivity contribution in [3.05, 3.63) is 258 Å². The molecule has 77 heavy (non-hydrogen) atoms. The Hall–Kier alpha value is -11.4. The third-order valence-electron chi connectivity index (χ3n) is 14.8. The molecule has 0 saturated carbocycles. The molecule has 0 amide bonds. The average Bonchev–Trinajstić information content (AvgIpc) is 4.24. The topological polar surface area (TPSA) is 96.9 Å². The van der Waals surface area contributed by atoms with E-state index in [-0.39, 0.29) is 0 Å². The first-order valence-corrected chi connectivity index (χ1v) is 25.0. The van der Waals surface area contributed by atoms with E-state index in [4.69, 9.17) is 23.1 Å². The van der Waals surface area contributed by atoms with Gasteiger partial charge in [0.15, 0.2) is 11.4 Å². The molecule has 0 bridgehead atoms. The van der Waals surface area contributed by atoms with E-state index in [9.17, 15) is 10.5 Å². The monoisotopic (exact) mass is 979 g/mol. The summed E-state index contributed by atoms with van der Waals surface area (Å²) in [6.07, 6.45) is 0. The molecule has 0 radical (unpaired) electrons. The molecule has 0 fully saturated rings. The number of hydrogen-bond acceptors (Lipinski definition) is 4. The molecule has 4 aromatic heterocycles. The predicted molar refractivity (Wildman–Crippen MR) is 309 cm³/mol. The molecule has 354 valence electrons. The Morgan fingerprint density at radius 1 is 0.351 bits per heavy atom. The third-order valence-corrected chi connectivity index (χ3v) is 14.8. The lowest BCUT2D eigenvalue weighted by Crippen LogP contribution is -2.00. The highest BCUT2D eigenvalue weighted by Crippen LogP contribution is 2.42. The molecule has 4 heterocycles. The van der Waals surface area contributed by atoms with E-state index in [1.807, 2.05) is 78.9 Å². The van der Waals surface area contributed by atoms with Gasteiger partial charge in [0.25, 0.3) is 0 Å². The fourth-order valence-electron chi connectivity index (χ4n) is 11.4. The number of fused-ring (bicyclic) bond motifs is 9. The SMILES string of the molecule is [C-]#[N+]c1ccccc1-c1cc(-c2ccc(-c3c(C#N)cc(-n4c5ccc(-n6c7ccccc7c7ccccc76)cc5c5cc(-n6c7ccccc7c7ccccc76)ccc54)cc3C#N)cc2)nc(-c2ccccc2[N+]#[C-])n1. The highest BCUT2D eigenvalue weighted by Gasteiger charge is 2.22. The Labute approximate surface area is 441 Å². The summed E-state index contributed by atoms with van der Waals surface area (Å²) < 4.78 is 6.84. The number of para-hydroxylation sites is 6. The van der Waals surface area contributed by atoms with Crippen molar-refractivity contribution in [1.82, 2.24) is 23.7 Å². The summed E-state index contributed by atoms with van der Waals surface area (Å²) in [7, 11) is 0. The van der Waals surface area contributed by atoms with Crippen molar-refractivity contribution in [3.63, 3.8) is 0 Å². The Balaban J connectivity index is 0.936. The lowest BCUT2D eigenvalue weighted by Gasteiger charge is -2.15. The van der Waals surface area contributed by atoms with Crippen LogP contribution < -0.4 is 0 Å². The zero-order valence-corrected chi connectivity index (χ0v) is 40.9. The van der Waals surface area contributed by atoms with Crippen LogP contribution in [0.3, 0.4) is 0 Å². The molecule has 0 aliphatic rings. The van der Waals surface area contributed by atoms with Crippen molar-refractivity contribution in [2.24, 2.45) is 0 Å². The normalized spacial score (nSPS) is 11.3. The summed E-state index contributed by atoms with van der Waals surface area (Å²) in [5.74, 6) is 0.359. The summed E-state index contributed by atoms with van der Waals surface area (Å²) in [4.78, 5) is 17.4. The summed E-state index contributed by atoms with van der Waals surface area (Å²) in [6, 6.07) is 80.0. The zero-order chi connectivity index (χ0) is 51.7. The van der Waals surface area contributed by atoms with Crippen LogP contribution in [0.1, 0.15) is 11.1 Å². The summed E-state index contributed by atoms with van der Waals surface area (Å²) in [6.45, 7) is 15.7. The van der Waals surface area contributed by atoms with Crippen molar-refractivity contribution < 1.29 is 0 Å². The van der Waals surface area contributed by atoms with Gasteiger partial charge in [0.05, 0.1) is 80.9 Å². The number of rotatable bonds is 7. The summed E-state index contributed by atoms with van der Waals surface area (Å²) in [5.41, 5.74) is 14.9. The van der Waals surface area contributed by atoms with Gasteiger partial charge in [-0.3, -0.25) is 0 Å². The van der Waals surface area contributed by atoms with Gasteiger partial charge in [-0.05, 0) is 84.4 Å². The first-order valence-electron chi connectivity index (χ1n) is 25.0. The van der Waals surface area contributed by atoms with E-state index in [1.165, 1.54) is 21.5 Å². The molecule has 0 aliphatic carbocycles. The molecule has 0 unspecified atom stereocenters. The fourth-order valence-corrected chi connectivity index (χ4v) is 11.4. The number of nitrogens with zero attached hydrogens (tertiary/aromatic N) is 9. The number of hydrogen-bond donors (Lipinski definition) is 0. The minimum atomic E-state index is 0.351. The van der Waals surface area contributed by atoms with Crippen molar-refractivity contribution in [3.8, 4) is 74.2 Å². The number of aromatic nitrogens is 5. The Bertz CT molecular complexity index is 4600. The maximum absolute atomic E-state index is 11.0. The van der Waals surface area contributed by atoms with E-state index < -0.39 is 0 Å². The second kappa shape index (κ2) is 17.7. The molecular weight excluding hydrogens is 943 g/mol. The van der Waals surface area contributed by atoms with Crippen LogP contribution in [0.5, 0.6) is 0 Å². The summed E-state index contributed by atoms with van der Waals surface area (Å²) >= 11 is 0. The van der Waals surface area contributed by atoms with Crippen molar-refractivity contribution in [2.45, 2.75) is 0 Å². The van der Waals surface area contributed by atoms with E-state index in [2.05, 4.69) is 169 Å². The number of benzene rings is 10. The molecule has 9 heteroatoms. The third kappa shape index (κ3) is 6.98. The molecule has 9 nitrogen and oxygen atoms in total. The molecule has 14 rings (SSSR count). The van der Waals surface area contributed by atoms with Crippen molar-refractivity contribution >= 4 is 76.8 Å². The Kier molecular flexibility index (Phi) is 10.2. The van der Waals surface area contributed by atoms with Crippen molar-refractivity contribution in [2.75, 3.05) is 0 Å². The minimum Gasteiger partial charge on any atom is -0.309 e. The van der Waals surface area contributed by atoms with Crippen LogP contribution in [0.25, 0.3) is 137 Å². The van der Waals surface area contributed by atoms with Crippen LogP contribution in [-0.2, 0) is 0 Å².